The Balaban J connectivity index is 1.14. The summed E-state index contributed by atoms with van der Waals surface area (Å²) in [6.07, 6.45) is 4.35. The third-order valence-corrected chi connectivity index (χ3v) is 8.11. The van der Waals surface area contributed by atoms with Crippen LogP contribution in [0.1, 0.15) is 21.5 Å². The smallest absolute Gasteiger partial charge is 0.272 e. The maximum atomic E-state index is 13.4. The molecule has 0 saturated heterocycles. The van der Waals surface area contributed by atoms with Crippen molar-refractivity contribution in [2.45, 2.75) is 11.3 Å². The SMILES string of the molecule is O=C(Nc1ccc(SCC(=O)N2CCc3ccccc32)cc1)/C(=C\c1c[nH]c2ccccc12)NC(=O)c1ccccc1. The van der Waals surface area contributed by atoms with Gasteiger partial charge in [-0.05, 0) is 66.6 Å². The monoisotopic (exact) mass is 572 g/mol. The van der Waals surface area contributed by atoms with Crippen molar-refractivity contribution in [1.82, 2.24) is 10.3 Å². The number of aromatic amines is 1. The van der Waals surface area contributed by atoms with Crippen molar-refractivity contribution in [2.75, 3.05) is 22.5 Å². The van der Waals surface area contributed by atoms with Crippen LogP contribution >= 0.6 is 11.8 Å². The van der Waals surface area contributed by atoms with Gasteiger partial charge < -0.3 is 20.5 Å². The van der Waals surface area contributed by atoms with Crippen LogP contribution in [0.3, 0.4) is 0 Å². The second-order valence-corrected chi connectivity index (χ2v) is 10.9. The van der Waals surface area contributed by atoms with Gasteiger partial charge in [-0.1, -0.05) is 54.6 Å². The van der Waals surface area contributed by atoms with Crippen LogP contribution in [0, 0.1) is 0 Å². The van der Waals surface area contributed by atoms with E-state index in [0.717, 1.165) is 33.5 Å². The summed E-state index contributed by atoms with van der Waals surface area (Å²) in [5, 5.41) is 6.61. The van der Waals surface area contributed by atoms with Gasteiger partial charge in [0.05, 0.1) is 5.75 Å². The summed E-state index contributed by atoms with van der Waals surface area (Å²) in [4.78, 5) is 45.2. The predicted octanol–water partition coefficient (Wildman–Crippen LogP) is 6.26. The fourth-order valence-electron chi connectivity index (χ4n) is 4.96. The van der Waals surface area contributed by atoms with Crippen molar-refractivity contribution >= 4 is 57.8 Å². The number of nitrogens with one attached hydrogen (secondary N) is 3. The standard InChI is InChI=1S/C34H28N4O3S/c39-32(38-19-18-23-8-4-7-13-31(23)38)22-42-27-16-14-26(15-17-27)36-34(41)30(37-33(40)24-9-2-1-3-10-24)20-25-21-35-29-12-6-5-11-28(25)29/h1-17,20-21,35H,18-19,22H2,(H,36,41)(H,37,40)/b30-20+. The molecule has 0 saturated carbocycles. The zero-order valence-electron chi connectivity index (χ0n) is 22.7. The molecule has 7 nitrogen and oxygen atoms in total. The van der Waals surface area contributed by atoms with E-state index in [1.807, 2.05) is 65.6 Å². The molecule has 0 atom stereocenters. The summed E-state index contributed by atoms with van der Waals surface area (Å²) >= 11 is 1.46. The van der Waals surface area contributed by atoms with Crippen LogP contribution in [0.25, 0.3) is 17.0 Å². The van der Waals surface area contributed by atoms with Gasteiger partial charge in [0.15, 0.2) is 0 Å². The Kier molecular flexibility index (Phi) is 7.87. The Hall–Kier alpha value is -5.08. The van der Waals surface area contributed by atoms with Gasteiger partial charge in [-0.2, -0.15) is 0 Å². The number of H-pyrrole nitrogens is 1. The van der Waals surface area contributed by atoms with Gasteiger partial charge in [0, 0.05) is 51.0 Å². The molecule has 2 heterocycles. The molecule has 0 bridgehead atoms. The molecule has 0 fully saturated rings. The molecular formula is C34H28N4O3S. The number of rotatable bonds is 8. The first kappa shape index (κ1) is 27.1. The summed E-state index contributed by atoms with van der Waals surface area (Å²) in [6.45, 7) is 0.707. The molecule has 5 aromatic rings. The molecule has 42 heavy (non-hydrogen) atoms. The molecule has 6 rings (SSSR count). The first-order valence-corrected chi connectivity index (χ1v) is 14.6. The minimum absolute atomic E-state index is 0.0727. The maximum Gasteiger partial charge on any atom is 0.272 e. The lowest BCUT2D eigenvalue weighted by atomic mass is 10.1. The van der Waals surface area contributed by atoms with Crippen LogP contribution in [0.4, 0.5) is 11.4 Å². The minimum Gasteiger partial charge on any atom is -0.361 e. The second-order valence-electron chi connectivity index (χ2n) is 9.86. The molecule has 1 aromatic heterocycles. The van der Waals surface area contributed by atoms with Gasteiger partial charge in [-0.3, -0.25) is 14.4 Å². The molecule has 0 radical (unpaired) electrons. The topological polar surface area (TPSA) is 94.3 Å². The average molecular weight is 573 g/mol. The molecule has 4 aromatic carbocycles. The van der Waals surface area contributed by atoms with Crippen LogP contribution in [0.2, 0.25) is 0 Å². The van der Waals surface area contributed by atoms with Crippen LogP contribution in [0.5, 0.6) is 0 Å². The van der Waals surface area contributed by atoms with E-state index in [2.05, 4.69) is 21.7 Å². The Labute approximate surface area is 247 Å². The second kappa shape index (κ2) is 12.2. The summed E-state index contributed by atoms with van der Waals surface area (Å²) in [7, 11) is 0. The highest BCUT2D eigenvalue weighted by molar-refractivity contribution is 8.00. The van der Waals surface area contributed by atoms with Gasteiger partial charge >= 0.3 is 0 Å². The molecule has 3 amide bonds. The molecule has 8 heteroatoms. The molecule has 208 valence electrons. The molecule has 0 unspecified atom stereocenters. The summed E-state index contributed by atoms with van der Waals surface area (Å²) in [5.74, 6) is -0.437. The highest BCUT2D eigenvalue weighted by atomic mass is 32.2. The highest BCUT2D eigenvalue weighted by Crippen LogP contribution is 2.29. The lowest BCUT2D eigenvalue weighted by Gasteiger charge is -2.17. The van der Waals surface area contributed by atoms with Gasteiger partial charge in [0.1, 0.15) is 5.70 Å². The van der Waals surface area contributed by atoms with Gasteiger partial charge in [0.25, 0.3) is 11.8 Å². The number of nitrogens with zero attached hydrogens (tertiary/aromatic N) is 1. The molecule has 1 aliphatic heterocycles. The van der Waals surface area contributed by atoms with Crippen LogP contribution in [0.15, 0.2) is 120 Å². The maximum absolute atomic E-state index is 13.4. The lowest BCUT2D eigenvalue weighted by Crippen LogP contribution is -2.30. The number of benzene rings is 4. The number of hydrogen-bond acceptors (Lipinski definition) is 4. The zero-order valence-corrected chi connectivity index (χ0v) is 23.5. The number of carbonyl (C=O) groups excluding carboxylic acids is 3. The van der Waals surface area contributed by atoms with Gasteiger partial charge in [-0.15, -0.1) is 11.8 Å². The van der Waals surface area contributed by atoms with E-state index in [-0.39, 0.29) is 17.5 Å². The number of thioether (sulfide) groups is 1. The third-order valence-electron chi connectivity index (χ3n) is 7.11. The van der Waals surface area contributed by atoms with E-state index in [4.69, 9.17) is 0 Å². The van der Waals surface area contributed by atoms with Crippen molar-refractivity contribution in [1.29, 1.82) is 0 Å². The van der Waals surface area contributed by atoms with Crippen molar-refractivity contribution in [3.8, 4) is 0 Å². The number of aromatic nitrogens is 1. The zero-order chi connectivity index (χ0) is 28.9. The quantitative estimate of drug-likeness (QED) is 0.151. The molecule has 1 aliphatic rings. The summed E-state index contributed by atoms with van der Waals surface area (Å²) in [5.41, 5.74) is 5.04. The van der Waals surface area contributed by atoms with E-state index in [1.54, 1.807) is 48.7 Å². The van der Waals surface area contributed by atoms with Crippen molar-refractivity contribution in [2.24, 2.45) is 0 Å². The lowest BCUT2D eigenvalue weighted by molar-refractivity contribution is -0.116. The average Bonchev–Trinajstić information content (AvgIpc) is 3.65. The number of fused-ring (bicyclic) bond motifs is 2. The molecule has 3 N–H and O–H groups in total. The number of carbonyl (C=O) groups is 3. The Morgan fingerprint density at radius 1 is 0.857 bits per heavy atom. The molecule has 0 spiro atoms. The first-order valence-electron chi connectivity index (χ1n) is 13.6. The van der Waals surface area contributed by atoms with Crippen LogP contribution < -0.4 is 15.5 Å². The minimum atomic E-state index is -0.451. The van der Waals surface area contributed by atoms with Crippen molar-refractivity contribution in [3.05, 3.63) is 132 Å². The highest BCUT2D eigenvalue weighted by Gasteiger charge is 2.24. The fourth-order valence-corrected chi connectivity index (χ4v) is 5.74. The Morgan fingerprint density at radius 3 is 2.43 bits per heavy atom. The molecular weight excluding hydrogens is 544 g/mol. The number of anilines is 2. The van der Waals surface area contributed by atoms with Crippen LogP contribution in [-0.4, -0.2) is 35.0 Å². The fraction of sp³-hybridized carbons (Fsp3) is 0.0882. The third kappa shape index (κ3) is 5.99. The number of hydrogen-bond donors (Lipinski definition) is 3. The number of para-hydroxylation sites is 2. The predicted molar refractivity (Wildman–Crippen MR) is 168 cm³/mol. The number of amides is 3. The normalized spacial score (nSPS) is 12.7. The van der Waals surface area contributed by atoms with Gasteiger partial charge in [-0.25, -0.2) is 0 Å². The van der Waals surface area contributed by atoms with Gasteiger partial charge in [0.2, 0.25) is 5.91 Å². The summed E-state index contributed by atoms with van der Waals surface area (Å²) < 4.78 is 0. The van der Waals surface area contributed by atoms with Crippen molar-refractivity contribution in [3.63, 3.8) is 0 Å². The Morgan fingerprint density at radius 2 is 1.60 bits per heavy atom. The van der Waals surface area contributed by atoms with E-state index < -0.39 is 5.91 Å². The van der Waals surface area contributed by atoms with Crippen molar-refractivity contribution < 1.29 is 14.4 Å². The van der Waals surface area contributed by atoms with E-state index >= 15 is 0 Å². The van der Waals surface area contributed by atoms with E-state index in [1.165, 1.54) is 17.3 Å². The summed E-state index contributed by atoms with van der Waals surface area (Å²) in [6, 6.07) is 31.9. The van der Waals surface area contributed by atoms with E-state index in [0.29, 0.717) is 23.5 Å². The first-order chi connectivity index (χ1) is 20.5. The van der Waals surface area contributed by atoms with E-state index in [9.17, 15) is 14.4 Å². The molecule has 0 aliphatic carbocycles. The largest absolute Gasteiger partial charge is 0.361 e. The Bertz CT molecular complexity index is 1790. The van der Waals surface area contributed by atoms with Crippen LogP contribution in [-0.2, 0) is 16.0 Å².